The van der Waals surface area contributed by atoms with E-state index in [-0.39, 0.29) is 11.3 Å². The molecule has 7 heteroatoms. The fourth-order valence-corrected chi connectivity index (χ4v) is 3.76. The van der Waals surface area contributed by atoms with Crippen molar-refractivity contribution in [3.05, 3.63) is 71.4 Å². The number of phenols is 1. The Bertz CT molecular complexity index is 985. The van der Waals surface area contributed by atoms with Gasteiger partial charge in [0.2, 0.25) is 0 Å². The maximum Gasteiger partial charge on any atom is 0.416 e. The zero-order valence-corrected chi connectivity index (χ0v) is 15.0. The number of alkyl halides is 3. The molecule has 0 spiro atoms. The summed E-state index contributed by atoms with van der Waals surface area (Å²) in [5, 5.41) is 11.6. The number of rotatable bonds is 3. The second kappa shape index (κ2) is 7.41. The van der Waals surface area contributed by atoms with Gasteiger partial charge in [-0.1, -0.05) is 36.4 Å². The Hall–Kier alpha value is -2.64. The summed E-state index contributed by atoms with van der Waals surface area (Å²) in [5.41, 5.74) is 0.196. The van der Waals surface area contributed by atoms with Crippen molar-refractivity contribution < 1.29 is 23.0 Å². The van der Waals surface area contributed by atoms with E-state index in [9.17, 15) is 18.3 Å². The number of aromatic nitrogens is 1. The summed E-state index contributed by atoms with van der Waals surface area (Å²) in [7, 11) is 0. The second-order valence-electron chi connectivity index (χ2n) is 6.71. The number of fused-ring (bicyclic) bond motifs is 1. The lowest BCUT2D eigenvalue weighted by molar-refractivity contribution is -0.138. The maximum atomic E-state index is 13.7. The monoisotopic (exact) mass is 388 g/mol. The van der Waals surface area contributed by atoms with Crippen molar-refractivity contribution in [2.45, 2.75) is 12.2 Å². The number of aromatic hydroxyl groups is 1. The third kappa shape index (κ3) is 3.43. The van der Waals surface area contributed by atoms with Crippen molar-refractivity contribution in [1.29, 1.82) is 0 Å². The average molecular weight is 388 g/mol. The smallest absolute Gasteiger partial charge is 0.416 e. The van der Waals surface area contributed by atoms with Gasteiger partial charge in [-0.25, -0.2) is 0 Å². The van der Waals surface area contributed by atoms with Crippen LogP contribution in [-0.4, -0.2) is 41.3 Å². The molecule has 1 saturated heterocycles. The molecule has 146 valence electrons. The number of nitrogens with zero attached hydrogens (tertiary/aromatic N) is 2. The topological polar surface area (TPSA) is 45.6 Å². The molecule has 1 aromatic heterocycles. The highest BCUT2D eigenvalue weighted by molar-refractivity contribution is 5.85. The first-order valence-corrected chi connectivity index (χ1v) is 9.01. The number of halogens is 3. The predicted molar refractivity (Wildman–Crippen MR) is 99.1 cm³/mol. The van der Waals surface area contributed by atoms with Gasteiger partial charge in [-0.2, -0.15) is 13.2 Å². The molecule has 0 aliphatic carbocycles. The fraction of sp³-hybridized carbons (Fsp3) is 0.286. The van der Waals surface area contributed by atoms with E-state index in [2.05, 4.69) is 4.98 Å². The lowest BCUT2D eigenvalue weighted by Crippen LogP contribution is -2.40. The van der Waals surface area contributed by atoms with Gasteiger partial charge in [-0.05, 0) is 17.7 Å². The van der Waals surface area contributed by atoms with Crippen LogP contribution in [0, 0.1) is 0 Å². The summed E-state index contributed by atoms with van der Waals surface area (Å²) >= 11 is 0. The predicted octanol–water partition coefficient (Wildman–Crippen LogP) is 4.38. The zero-order chi connectivity index (χ0) is 19.7. The van der Waals surface area contributed by atoms with Gasteiger partial charge in [0.15, 0.2) is 0 Å². The summed E-state index contributed by atoms with van der Waals surface area (Å²) in [4.78, 5) is 6.13. The highest BCUT2D eigenvalue weighted by Gasteiger charge is 2.38. The molecule has 1 fully saturated rings. The minimum atomic E-state index is -4.49. The number of morpholine rings is 1. The first-order valence-electron chi connectivity index (χ1n) is 9.01. The summed E-state index contributed by atoms with van der Waals surface area (Å²) in [5.74, 6) is -0.0911. The number of phenolic OH excluding ortho intramolecular Hbond substituents is 1. The van der Waals surface area contributed by atoms with Crippen LogP contribution >= 0.6 is 0 Å². The SMILES string of the molecule is Oc1c(C(c2ccccc2C(F)(F)F)N2CCOCC2)ccc2cccnc12. The van der Waals surface area contributed by atoms with Crippen LogP contribution in [0.3, 0.4) is 0 Å². The van der Waals surface area contributed by atoms with Gasteiger partial charge in [-0.3, -0.25) is 9.88 Å². The fourth-order valence-electron chi connectivity index (χ4n) is 3.76. The van der Waals surface area contributed by atoms with Crippen molar-refractivity contribution in [2.75, 3.05) is 26.3 Å². The highest BCUT2D eigenvalue weighted by Crippen LogP contribution is 2.42. The van der Waals surface area contributed by atoms with E-state index in [1.54, 1.807) is 36.5 Å². The van der Waals surface area contributed by atoms with Crippen LogP contribution in [0.1, 0.15) is 22.7 Å². The molecule has 2 aromatic carbocycles. The van der Waals surface area contributed by atoms with E-state index in [0.29, 0.717) is 37.4 Å². The van der Waals surface area contributed by atoms with E-state index in [1.165, 1.54) is 12.1 Å². The molecular formula is C21H19F3N2O2. The molecule has 1 aliphatic rings. The van der Waals surface area contributed by atoms with Crippen molar-refractivity contribution in [2.24, 2.45) is 0 Å². The molecule has 4 nitrogen and oxygen atoms in total. The van der Waals surface area contributed by atoms with Crippen LogP contribution in [0.15, 0.2) is 54.7 Å². The number of benzene rings is 2. The minimum Gasteiger partial charge on any atom is -0.505 e. The van der Waals surface area contributed by atoms with Crippen LogP contribution < -0.4 is 0 Å². The van der Waals surface area contributed by atoms with Gasteiger partial charge >= 0.3 is 6.18 Å². The van der Waals surface area contributed by atoms with Crippen molar-refractivity contribution in [3.63, 3.8) is 0 Å². The second-order valence-corrected chi connectivity index (χ2v) is 6.71. The van der Waals surface area contributed by atoms with Gasteiger partial charge < -0.3 is 9.84 Å². The molecule has 0 radical (unpaired) electrons. The summed E-state index contributed by atoms with van der Waals surface area (Å²) in [6.07, 6.45) is -2.94. The van der Waals surface area contributed by atoms with Crippen LogP contribution in [-0.2, 0) is 10.9 Å². The molecule has 3 aromatic rings. The largest absolute Gasteiger partial charge is 0.505 e. The molecule has 28 heavy (non-hydrogen) atoms. The Morgan fingerprint density at radius 3 is 2.46 bits per heavy atom. The van der Waals surface area contributed by atoms with Gasteiger partial charge in [0.05, 0.1) is 24.8 Å². The molecule has 0 saturated carbocycles. The number of hydrogen-bond donors (Lipinski definition) is 1. The quantitative estimate of drug-likeness (QED) is 0.723. The molecule has 0 amide bonds. The Morgan fingerprint density at radius 2 is 1.71 bits per heavy atom. The molecule has 1 N–H and O–H groups in total. The van der Waals surface area contributed by atoms with E-state index in [4.69, 9.17) is 4.74 Å². The minimum absolute atomic E-state index is 0.0911. The van der Waals surface area contributed by atoms with Crippen LogP contribution in [0.4, 0.5) is 13.2 Å². The first kappa shape index (κ1) is 18.7. The average Bonchev–Trinajstić information content (AvgIpc) is 2.71. The lowest BCUT2D eigenvalue weighted by Gasteiger charge is -2.36. The van der Waals surface area contributed by atoms with E-state index < -0.39 is 17.8 Å². The van der Waals surface area contributed by atoms with Gasteiger partial charge in [0, 0.05) is 30.2 Å². The molecule has 0 bridgehead atoms. The Labute approximate surface area is 160 Å². The highest BCUT2D eigenvalue weighted by atomic mass is 19.4. The number of ether oxygens (including phenoxy) is 1. The normalized spacial score (nSPS) is 17.0. The Kier molecular flexibility index (Phi) is 4.95. The molecule has 1 atom stereocenters. The summed E-state index contributed by atoms with van der Waals surface area (Å²) in [6.45, 7) is 1.79. The van der Waals surface area contributed by atoms with Crippen LogP contribution in [0.2, 0.25) is 0 Å². The summed E-state index contributed by atoms with van der Waals surface area (Å²) in [6, 6.07) is 11.8. The number of pyridine rings is 1. The van der Waals surface area contributed by atoms with E-state index in [1.807, 2.05) is 4.90 Å². The van der Waals surface area contributed by atoms with Gasteiger partial charge in [0.1, 0.15) is 11.3 Å². The van der Waals surface area contributed by atoms with Gasteiger partial charge in [-0.15, -0.1) is 0 Å². The Morgan fingerprint density at radius 1 is 0.964 bits per heavy atom. The van der Waals surface area contributed by atoms with Crippen molar-refractivity contribution >= 4 is 10.9 Å². The van der Waals surface area contributed by atoms with Crippen LogP contribution in [0.5, 0.6) is 5.75 Å². The first-order chi connectivity index (χ1) is 13.5. The van der Waals surface area contributed by atoms with Crippen molar-refractivity contribution in [3.8, 4) is 5.75 Å². The van der Waals surface area contributed by atoms with E-state index >= 15 is 0 Å². The van der Waals surface area contributed by atoms with E-state index in [0.717, 1.165) is 11.5 Å². The third-order valence-electron chi connectivity index (χ3n) is 5.05. The standard InChI is InChI=1S/C21H19F3N2O2/c22-21(23,24)17-6-2-1-5-15(17)19(26-10-12-28-13-11-26)16-8-7-14-4-3-9-25-18(14)20(16)27/h1-9,19,27H,10-13H2. The third-order valence-corrected chi connectivity index (χ3v) is 5.05. The maximum absolute atomic E-state index is 13.7. The zero-order valence-electron chi connectivity index (χ0n) is 15.0. The van der Waals surface area contributed by atoms with Gasteiger partial charge in [0.25, 0.3) is 0 Å². The Balaban J connectivity index is 1.92. The summed E-state index contributed by atoms with van der Waals surface area (Å²) < 4.78 is 46.6. The van der Waals surface area contributed by atoms with Crippen LogP contribution in [0.25, 0.3) is 10.9 Å². The number of hydrogen-bond acceptors (Lipinski definition) is 4. The molecule has 4 rings (SSSR count). The molecule has 2 heterocycles. The molecular weight excluding hydrogens is 369 g/mol. The molecule has 1 unspecified atom stereocenters. The van der Waals surface area contributed by atoms with Crippen molar-refractivity contribution in [1.82, 2.24) is 9.88 Å². The lowest BCUT2D eigenvalue weighted by atomic mass is 9.91. The molecule has 1 aliphatic heterocycles.